The maximum Gasteiger partial charge on any atom is 0.306 e. The Bertz CT molecular complexity index is 382. The number of hydrogen-bond acceptors (Lipinski definition) is 3. The van der Waals surface area contributed by atoms with E-state index in [-0.39, 0.29) is 12.0 Å². The van der Waals surface area contributed by atoms with Crippen LogP contribution in [-0.2, 0) is 9.53 Å². The molecule has 0 radical (unpaired) electrons. The second kappa shape index (κ2) is 7.14. The maximum absolute atomic E-state index is 10.8. The number of carboxylic acids is 1. The second-order valence-corrected chi connectivity index (χ2v) is 4.84. The number of rotatable bonds is 6. The topological polar surface area (TPSA) is 55.8 Å². The van der Waals surface area contributed by atoms with Gasteiger partial charge in [0.25, 0.3) is 0 Å². The highest BCUT2D eigenvalue weighted by atomic mass is 16.5. The number of benzene rings is 1. The standard InChI is InChI=1S/C15H20O4/c16-15(17)12-6-8-14(9-7-12)19-11-10-18-13-4-2-1-3-5-13/h1-5,12,14H,6-11H2,(H,16,17). The molecule has 0 bridgehead atoms. The van der Waals surface area contributed by atoms with Crippen molar-refractivity contribution in [1.82, 2.24) is 0 Å². The van der Waals surface area contributed by atoms with Crippen LogP contribution in [0.3, 0.4) is 0 Å². The van der Waals surface area contributed by atoms with Crippen LogP contribution >= 0.6 is 0 Å². The fourth-order valence-electron chi connectivity index (χ4n) is 2.37. The average Bonchev–Trinajstić information content (AvgIpc) is 2.45. The van der Waals surface area contributed by atoms with E-state index < -0.39 is 5.97 Å². The van der Waals surface area contributed by atoms with Gasteiger partial charge >= 0.3 is 5.97 Å². The van der Waals surface area contributed by atoms with Gasteiger partial charge in [0.1, 0.15) is 12.4 Å². The molecule has 1 aliphatic rings. The Balaban J connectivity index is 1.58. The molecule has 0 aliphatic heterocycles. The molecule has 0 unspecified atom stereocenters. The predicted octanol–water partition coefficient (Wildman–Crippen LogP) is 2.73. The molecule has 1 saturated carbocycles. The van der Waals surface area contributed by atoms with Gasteiger partial charge in [-0.15, -0.1) is 0 Å². The van der Waals surface area contributed by atoms with Crippen LogP contribution in [0.15, 0.2) is 30.3 Å². The third kappa shape index (κ3) is 4.56. The zero-order valence-electron chi connectivity index (χ0n) is 11.0. The molecular formula is C15H20O4. The van der Waals surface area contributed by atoms with Crippen molar-refractivity contribution < 1.29 is 19.4 Å². The van der Waals surface area contributed by atoms with Gasteiger partial charge in [0.15, 0.2) is 0 Å². The van der Waals surface area contributed by atoms with Crippen molar-refractivity contribution in [3.8, 4) is 5.75 Å². The van der Waals surface area contributed by atoms with Crippen molar-refractivity contribution in [2.45, 2.75) is 31.8 Å². The Morgan fingerprint density at radius 2 is 1.79 bits per heavy atom. The van der Waals surface area contributed by atoms with Gasteiger partial charge in [0, 0.05) is 0 Å². The lowest BCUT2D eigenvalue weighted by molar-refractivity contribution is -0.143. The lowest BCUT2D eigenvalue weighted by Crippen LogP contribution is -2.27. The second-order valence-electron chi connectivity index (χ2n) is 4.84. The first kappa shape index (κ1) is 13.9. The molecule has 19 heavy (non-hydrogen) atoms. The van der Waals surface area contributed by atoms with Crippen molar-refractivity contribution in [1.29, 1.82) is 0 Å². The predicted molar refractivity (Wildman–Crippen MR) is 71.3 cm³/mol. The summed E-state index contributed by atoms with van der Waals surface area (Å²) in [7, 11) is 0. The molecule has 0 aromatic heterocycles. The average molecular weight is 264 g/mol. The summed E-state index contributed by atoms with van der Waals surface area (Å²) >= 11 is 0. The van der Waals surface area contributed by atoms with E-state index in [1.54, 1.807) is 0 Å². The summed E-state index contributed by atoms with van der Waals surface area (Å²) in [5, 5.41) is 8.90. The quantitative estimate of drug-likeness (QED) is 0.803. The zero-order valence-corrected chi connectivity index (χ0v) is 11.0. The fraction of sp³-hybridized carbons (Fsp3) is 0.533. The van der Waals surface area contributed by atoms with E-state index in [4.69, 9.17) is 14.6 Å². The molecule has 0 heterocycles. The third-order valence-corrected chi connectivity index (χ3v) is 3.47. The highest BCUT2D eigenvalue weighted by Crippen LogP contribution is 2.26. The van der Waals surface area contributed by atoms with Gasteiger partial charge in [-0.1, -0.05) is 18.2 Å². The summed E-state index contributed by atoms with van der Waals surface area (Å²) in [6, 6.07) is 9.65. The summed E-state index contributed by atoms with van der Waals surface area (Å²) in [4.78, 5) is 10.8. The van der Waals surface area contributed by atoms with Crippen LogP contribution in [0, 0.1) is 5.92 Å². The van der Waals surface area contributed by atoms with Gasteiger partial charge < -0.3 is 14.6 Å². The van der Waals surface area contributed by atoms with Gasteiger partial charge in [0.05, 0.1) is 18.6 Å². The number of aliphatic carboxylic acids is 1. The van der Waals surface area contributed by atoms with Crippen LogP contribution in [0.1, 0.15) is 25.7 Å². The van der Waals surface area contributed by atoms with E-state index in [2.05, 4.69) is 0 Å². The number of carbonyl (C=O) groups is 1. The van der Waals surface area contributed by atoms with Crippen LogP contribution in [-0.4, -0.2) is 30.4 Å². The van der Waals surface area contributed by atoms with Gasteiger partial charge in [-0.05, 0) is 37.8 Å². The summed E-state index contributed by atoms with van der Waals surface area (Å²) in [6.07, 6.45) is 3.30. The first-order chi connectivity index (χ1) is 9.25. The number of ether oxygens (including phenoxy) is 2. The summed E-state index contributed by atoms with van der Waals surface area (Å²) in [6.45, 7) is 1.08. The molecule has 4 heteroatoms. The number of hydrogen-bond donors (Lipinski definition) is 1. The highest BCUT2D eigenvalue weighted by Gasteiger charge is 2.26. The Labute approximate surface area is 113 Å². The lowest BCUT2D eigenvalue weighted by Gasteiger charge is -2.26. The third-order valence-electron chi connectivity index (χ3n) is 3.47. The van der Waals surface area contributed by atoms with Crippen LogP contribution in [0.2, 0.25) is 0 Å². The van der Waals surface area contributed by atoms with Crippen LogP contribution in [0.25, 0.3) is 0 Å². The number of para-hydroxylation sites is 1. The van der Waals surface area contributed by atoms with Crippen LogP contribution in [0.4, 0.5) is 0 Å². The summed E-state index contributed by atoms with van der Waals surface area (Å²) in [5.74, 6) is -0.00744. The van der Waals surface area contributed by atoms with E-state index in [9.17, 15) is 4.79 Å². The van der Waals surface area contributed by atoms with Gasteiger partial charge in [-0.25, -0.2) is 0 Å². The molecule has 4 nitrogen and oxygen atoms in total. The molecule has 0 spiro atoms. The smallest absolute Gasteiger partial charge is 0.306 e. The molecule has 104 valence electrons. The monoisotopic (exact) mass is 264 g/mol. The Kier molecular flexibility index (Phi) is 5.21. The van der Waals surface area contributed by atoms with Crippen molar-refractivity contribution in [2.75, 3.05) is 13.2 Å². The maximum atomic E-state index is 10.8. The Morgan fingerprint density at radius 3 is 2.42 bits per heavy atom. The normalized spacial score (nSPS) is 22.9. The highest BCUT2D eigenvalue weighted by molar-refractivity contribution is 5.70. The molecular weight excluding hydrogens is 244 g/mol. The van der Waals surface area contributed by atoms with Crippen molar-refractivity contribution in [2.24, 2.45) is 5.92 Å². The molecule has 1 fully saturated rings. The van der Waals surface area contributed by atoms with E-state index in [1.165, 1.54) is 0 Å². The Morgan fingerprint density at radius 1 is 1.11 bits per heavy atom. The minimum Gasteiger partial charge on any atom is -0.491 e. The van der Waals surface area contributed by atoms with Crippen LogP contribution < -0.4 is 4.74 Å². The van der Waals surface area contributed by atoms with E-state index in [1.807, 2.05) is 30.3 Å². The van der Waals surface area contributed by atoms with Crippen LogP contribution in [0.5, 0.6) is 5.75 Å². The summed E-state index contributed by atoms with van der Waals surface area (Å²) in [5.41, 5.74) is 0. The minimum absolute atomic E-state index is 0.180. The van der Waals surface area contributed by atoms with Gasteiger partial charge in [-0.2, -0.15) is 0 Å². The molecule has 0 amide bonds. The van der Waals surface area contributed by atoms with Crippen molar-refractivity contribution in [3.05, 3.63) is 30.3 Å². The van der Waals surface area contributed by atoms with Gasteiger partial charge in [-0.3, -0.25) is 4.79 Å². The molecule has 0 saturated heterocycles. The molecule has 1 N–H and O–H groups in total. The van der Waals surface area contributed by atoms with E-state index >= 15 is 0 Å². The SMILES string of the molecule is O=C(O)C1CCC(OCCOc2ccccc2)CC1. The largest absolute Gasteiger partial charge is 0.491 e. The minimum atomic E-state index is -0.675. The first-order valence-corrected chi connectivity index (χ1v) is 6.78. The fourth-order valence-corrected chi connectivity index (χ4v) is 2.37. The molecule has 0 atom stereocenters. The Hall–Kier alpha value is -1.55. The van der Waals surface area contributed by atoms with Crippen molar-refractivity contribution in [3.63, 3.8) is 0 Å². The van der Waals surface area contributed by atoms with E-state index in [0.29, 0.717) is 13.2 Å². The van der Waals surface area contributed by atoms with Gasteiger partial charge in [0.2, 0.25) is 0 Å². The molecule has 1 aromatic carbocycles. The van der Waals surface area contributed by atoms with E-state index in [0.717, 1.165) is 31.4 Å². The van der Waals surface area contributed by atoms with Crippen molar-refractivity contribution >= 4 is 5.97 Å². The molecule has 1 aromatic rings. The molecule has 1 aliphatic carbocycles. The summed E-state index contributed by atoms with van der Waals surface area (Å²) < 4.78 is 11.3. The first-order valence-electron chi connectivity index (χ1n) is 6.78. The zero-order chi connectivity index (χ0) is 13.5. The number of carboxylic acid groups (broad SMARTS) is 1. The molecule has 2 rings (SSSR count). The lowest BCUT2D eigenvalue weighted by atomic mass is 9.87.